The van der Waals surface area contributed by atoms with Crippen LogP contribution in [0.1, 0.15) is 36.0 Å². The maximum Gasteiger partial charge on any atom is 0.254 e. The van der Waals surface area contributed by atoms with E-state index in [1.807, 2.05) is 4.90 Å². The minimum Gasteiger partial charge on any atom is -0.393 e. The highest BCUT2D eigenvalue weighted by molar-refractivity contribution is 6.35. The molecule has 1 N–H and O–H groups in total. The molecule has 2 bridgehead atoms. The van der Waals surface area contributed by atoms with Crippen LogP contribution in [0.5, 0.6) is 0 Å². The molecule has 2 heterocycles. The third-order valence-corrected chi connectivity index (χ3v) is 4.49. The van der Waals surface area contributed by atoms with E-state index in [1.54, 1.807) is 18.2 Å². The molecular formula is C14H15Cl2NO2. The van der Waals surface area contributed by atoms with Gasteiger partial charge in [0, 0.05) is 27.7 Å². The Labute approximate surface area is 122 Å². The molecule has 3 rings (SSSR count). The molecule has 2 saturated heterocycles. The molecule has 1 amide bonds. The Morgan fingerprint density at radius 3 is 2.16 bits per heavy atom. The monoisotopic (exact) mass is 299 g/mol. The summed E-state index contributed by atoms with van der Waals surface area (Å²) < 4.78 is 0. The lowest BCUT2D eigenvalue weighted by molar-refractivity contribution is 0.0287. The van der Waals surface area contributed by atoms with Gasteiger partial charge in [-0.15, -0.1) is 0 Å². The predicted molar refractivity (Wildman–Crippen MR) is 74.7 cm³/mol. The number of amides is 1. The SMILES string of the molecule is O=C(c1cc(Cl)cc(Cl)c1)N1C2CCC1CC(O)C2. The Balaban J connectivity index is 1.88. The van der Waals surface area contributed by atoms with Crippen molar-refractivity contribution in [3.63, 3.8) is 0 Å². The van der Waals surface area contributed by atoms with E-state index in [0.29, 0.717) is 28.5 Å². The number of hydrogen-bond donors (Lipinski definition) is 1. The molecule has 102 valence electrons. The van der Waals surface area contributed by atoms with Gasteiger partial charge in [0.15, 0.2) is 0 Å². The molecular weight excluding hydrogens is 285 g/mol. The van der Waals surface area contributed by atoms with Crippen molar-refractivity contribution >= 4 is 29.1 Å². The van der Waals surface area contributed by atoms with Crippen molar-refractivity contribution in [3.8, 4) is 0 Å². The number of nitrogens with zero attached hydrogens (tertiary/aromatic N) is 1. The molecule has 1 aromatic rings. The quantitative estimate of drug-likeness (QED) is 0.865. The molecule has 1 aromatic carbocycles. The number of benzene rings is 1. The Hall–Kier alpha value is -0.770. The highest BCUT2D eigenvalue weighted by atomic mass is 35.5. The largest absolute Gasteiger partial charge is 0.393 e. The topological polar surface area (TPSA) is 40.5 Å². The second-order valence-electron chi connectivity index (χ2n) is 5.38. The van der Waals surface area contributed by atoms with Gasteiger partial charge in [0.25, 0.3) is 5.91 Å². The molecule has 2 aliphatic rings. The summed E-state index contributed by atoms with van der Waals surface area (Å²) in [5.41, 5.74) is 0.533. The van der Waals surface area contributed by atoms with E-state index in [9.17, 15) is 9.90 Å². The summed E-state index contributed by atoms with van der Waals surface area (Å²) in [4.78, 5) is 14.5. The minimum absolute atomic E-state index is 0.0243. The van der Waals surface area contributed by atoms with Gasteiger partial charge in [0.2, 0.25) is 0 Å². The summed E-state index contributed by atoms with van der Waals surface area (Å²) in [6, 6.07) is 5.23. The number of aliphatic hydroxyl groups is 1. The average molecular weight is 300 g/mol. The first-order valence-corrected chi connectivity index (χ1v) is 7.27. The molecule has 19 heavy (non-hydrogen) atoms. The predicted octanol–water partition coefficient (Wildman–Crippen LogP) is 3.12. The summed E-state index contributed by atoms with van der Waals surface area (Å²) in [5, 5.41) is 10.7. The van der Waals surface area contributed by atoms with E-state index in [1.165, 1.54) is 0 Å². The van der Waals surface area contributed by atoms with E-state index in [4.69, 9.17) is 23.2 Å². The van der Waals surface area contributed by atoms with Crippen LogP contribution in [0.2, 0.25) is 10.0 Å². The molecule has 5 heteroatoms. The van der Waals surface area contributed by atoms with E-state index < -0.39 is 0 Å². The fourth-order valence-corrected chi connectivity index (χ4v) is 3.83. The van der Waals surface area contributed by atoms with E-state index in [0.717, 1.165) is 12.8 Å². The van der Waals surface area contributed by atoms with Gasteiger partial charge in [-0.25, -0.2) is 0 Å². The van der Waals surface area contributed by atoms with Gasteiger partial charge in [0.05, 0.1) is 6.10 Å². The lowest BCUT2D eigenvalue weighted by atomic mass is 9.99. The van der Waals surface area contributed by atoms with Crippen LogP contribution in [-0.2, 0) is 0 Å². The third kappa shape index (κ3) is 2.47. The van der Waals surface area contributed by atoms with Crippen molar-refractivity contribution in [2.45, 2.75) is 43.9 Å². The summed E-state index contributed by atoms with van der Waals surface area (Å²) in [5.74, 6) is -0.0243. The number of fused-ring (bicyclic) bond motifs is 2. The maximum atomic E-state index is 12.6. The number of rotatable bonds is 1. The first kappa shape index (κ1) is 13.2. The number of carbonyl (C=O) groups excluding carboxylic acids is 1. The number of hydrogen-bond acceptors (Lipinski definition) is 2. The van der Waals surface area contributed by atoms with Gasteiger partial charge in [-0.05, 0) is 43.9 Å². The molecule has 0 radical (unpaired) electrons. The summed E-state index contributed by atoms with van der Waals surface area (Å²) in [6.07, 6.45) is 3.03. The van der Waals surface area contributed by atoms with Crippen molar-refractivity contribution in [1.29, 1.82) is 0 Å². The zero-order valence-corrected chi connectivity index (χ0v) is 11.9. The van der Waals surface area contributed by atoms with Crippen molar-refractivity contribution in [2.75, 3.05) is 0 Å². The molecule has 3 nitrogen and oxygen atoms in total. The number of halogens is 2. The van der Waals surface area contributed by atoms with Gasteiger partial charge < -0.3 is 10.0 Å². The summed E-state index contributed by atoms with van der Waals surface area (Å²) in [7, 11) is 0. The third-order valence-electron chi connectivity index (χ3n) is 4.05. The maximum absolute atomic E-state index is 12.6. The first-order chi connectivity index (χ1) is 9.04. The molecule has 0 saturated carbocycles. The fourth-order valence-electron chi connectivity index (χ4n) is 3.31. The van der Waals surface area contributed by atoms with Crippen molar-refractivity contribution in [2.24, 2.45) is 0 Å². The lowest BCUT2D eigenvalue weighted by Crippen LogP contribution is -2.48. The Bertz CT molecular complexity index is 486. The molecule has 2 aliphatic heterocycles. The molecule has 0 aromatic heterocycles. The van der Waals surface area contributed by atoms with Crippen LogP contribution in [0.3, 0.4) is 0 Å². The van der Waals surface area contributed by atoms with Gasteiger partial charge in [0.1, 0.15) is 0 Å². The zero-order chi connectivity index (χ0) is 13.6. The molecule has 0 aliphatic carbocycles. The minimum atomic E-state index is -0.274. The van der Waals surface area contributed by atoms with Gasteiger partial charge in [-0.3, -0.25) is 4.79 Å². The second-order valence-corrected chi connectivity index (χ2v) is 6.25. The van der Waals surface area contributed by atoms with E-state index in [-0.39, 0.29) is 24.1 Å². The van der Waals surface area contributed by atoms with Crippen LogP contribution in [0, 0.1) is 0 Å². The Morgan fingerprint density at radius 2 is 1.63 bits per heavy atom. The molecule has 2 unspecified atom stereocenters. The average Bonchev–Trinajstić information content (AvgIpc) is 2.59. The highest BCUT2D eigenvalue weighted by Crippen LogP contribution is 2.37. The normalized spacial score (nSPS) is 29.6. The van der Waals surface area contributed by atoms with Crippen LogP contribution in [0.4, 0.5) is 0 Å². The van der Waals surface area contributed by atoms with Crippen LogP contribution < -0.4 is 0 Å². The van der Waals surface area contributed by atoms with Crippen LogP contribution in [0.25, 0.3) is 0 Å². The van der Waals surface area contributed by atoms with Crippen LogP contribution in [0.15, 0.2) is 18.2 Å². The Kier molecular flexibility index (Phi) is 3.46. The van der Waals surface area contributed by atoms with E-state index >= 15 is 0 Å². The Morgan fingerprint density at radius 1 is 1.11 bits per heavy atom. The highest BCUT2D eigenvalue weighted by Gasteiger charge is 2.42. The lowest BCUT2D eigenvalue weighted by Gasteiger charge is -2.37. The van der Waals surface area contributed by atoms with Gasteiger partial charge >= 0.3 is 0 Å². The van der Waals surface area contributed by atoms with Crippen molar-refractivity contribution in [3.05, 3.63) is 33.8 Å². The molecule has 2 fully saturated rings. The number of aliphatic hydroxyl groups excluding tert-OH is 1. The van der Waals surface area contributed by atoms with Gasteiger partial charge in [-0.1, -0.05) is 23.2 Å². The van der Waals surface area contributed by atoms with Crippen LogP contribution >= 0.6 is 23.2 Å². The number of carbonyl (C=O) groups is 1. The zero-order valence-electron chi connectivity index (χ0n) is 10.4. The van der Waals surface area contributed by atoms with Crippen LogP contribution in [-0.4, -0.2) is 34.1 Å². The fraction of sp³-hybridized carbons (Fsp3) is 0.500. The summed E-state index contributed by atoms with van der Waals surface area (Å²) >= 11 is 11.9. The second kappa shape index (κ2) is 4.97. The van der Waals surface area contributed by atoms with Crippen molar-refractivity contribution < 1.29 is 9.90 Å². The number of piperidine rings is 1. The smallest absolute Gasteiger partial charge is 0.254 e. The summed E-state index contributed by atoms with van der Waals surface area (Å²) in [6.45, 7) is 0. The van der Waals surface area contributed by atoms with E-state index in [2.05, 4.69) is 0 Å². The van der Waals surface area contributed by atoms with Crippen molar-refractivity contribution in [1.82, 2.24) is 4.90 Å². The first-order valence-electron chi connectivity index (χ1n) is 6.51. The molecule has 2 atom stereocenters. The standard InChI is InChI=1S/C14H15Cl2NO2/c15-9-3-8(4-10(16)5-9)14(19)17-11-1-2-12(17)7-13(18)6-11/h3-5,11-13,18H,1-2,6-7H2. The molecule has 0 spiro atoms. The van der Waals surface area contributed by atoms with Gasteiger partial charge in [-0.2, -0.15) is 0 Å².